The first-order chi connectivity index (χ1) is 30.6. The van der Waals surface area contributed by atoms with Gasteiger partial charge in [-0.05, 0) is 59.3 Å². The van der Waals surface area contributed by atoms with Crippen LogP contribution in [0, 0.1) is 0 Å². The van der Waals surface area contributed by atoms with Crippen LogP contribution >= 0.6 is 56.7 Å². The fraction of sp³-hybridized carbons (Fsp3) is 0.412. The maximum absolute atomic E-state index is 15.2. The lowest BCUT2D eigenvalue weighted by Crippen LogP contribution is -2.72. The first-order valence-electron chi connectivity index (χ1n) is 16.7. The first-order valence-corrected chi connectivity index (χ1v) is 21.0. The second-order valence-corrected chi connectivity index (χ2v) is 18.8. The van der Waals surface area contributed by atoms with Gasteiger partial charge in [-0.3, -0.25) is 0 Å². The molecule has 386 valence electrons. The molecule has 35 heteroatoms. The van der Waals surface area contributed by atoms with Crippen molar-refractivity contribution in [3.63, 3.8) is 0 Å². The van der Waals surface area contributed by atoms with Crippen LogP contribution in [0.1, 0.15) is 11.1 Å². The van der Waals surface area contributed by atoms with Crippen LogP contribution in [0.15, 0.2) is 59.3 Å². The fourth-order valence-electron chi connectivity index (χ4n) is 5.55. The van der Waals surface area contributed by atoms with Crippen molar-refractivity contribution >= 4 is 56.7 Å². The maximum atomic E-state index is 15.2. The second kappa shape index (κ2) is 16.5. The molecule has 5 rings (SSSR count). The van der Waals surface area contributed by atoms with Crippen molar-refractivity contribution < 1.29 is 132 Å². The van der Waals surface area contributed by atoms with Gasteiger partial charge in [-0.25, -0.2) is 0 Å². The zero-order valence-corrected chi connectivity index (χ0v) is 35.2. The molecule has 0 aliphatic heterocycles. The molecule has 0 spiro atoms. The Balaban J connectivity index is 1.44. The molecule has 0 aliphatic rings. The van der Waals surface area contributed by atoms with Gasteiger partial charge >= 0.3 is 83.4 Å². The standard InChI is InChI=1S/C34H10F30S5/c35-21(36,23(39,40)25(43,44)27(47,48)29(51,52)31(55,56)33(59,60)61)11-7-9-65-19(11)17-5-3-15(68-17)13-1-2-14(67-13)16-4-6-18(69-16)20-12(8-10-66-20)22(37,38)24(41,42)26(45,46)28(49,50)30(53,54)32(57,58)34(62,63)64/h1-10H. The highest BCUT2D eigenvalue weighted by Gasteiger charge is 2.95. The highest BCUT2D eigenvalue weighted by atomic mass is 32.1. The molecule has 5 aromatic rings. The zero-order valence-electron chi connectivity index (χ0n) is 31.2. The van der Waals surface area contributed by atoms with Gasteiger partial charge in [0.05, 0.1) is 9.75 Å². The summed E-state index contributed by atoms with van der Waals surface area (Å²) in [4.78, 5) is -3.97. The summed E-state index contributed by atoms with van der Waals surface area (Å²) in [6.45, 7) is 0. The van der Waals surface area contributed by atoms with Crippen LogP contribution in [0.2, 0.25) is 0 Å². The molecule has 0 N–H and O–H groups in total. The molecular formula is C34H10F30S5. The molecule has 0 saturated heterocycles. The van der Waals surface area contributed by atoms with Crippen LogP contribution in [0.3, 0.4) is 0 Å². The van der Waals surface area contributed by atoms with Gasteiger partial charge in [0, 0.05) is 40.4 Å². The van der Waals surface area contributed by atoms with Crippen LogP contribution in [-0.4, -0.2) is 71.6 Å². The van der Waals surface area contributed by atoms with E-state index in [-0.39, 0.29) is 77.0 Å². The molecule has 0 aliphatic carbocycles. The fourth-order valence-corrected chi connectivity index (χ4v) is 10.9. The molecule has 0 fully saturated rings. The molecular weight excluding hydrogens is 1140 g/mol. The normalized spacial score (nSPS) is 15.4. The molecule has 0 radical (unpaired) electrons. The third kappa shape index (κ3) is 7.79. The Morgan fingerprint density at radius 3 is 0.681 bits per heavy atom. The molecule has 69 heavy (non-hydrogen) atoms. The van der Waals surface area contributed by atoms with Crippen molar-refractivity contribution in [3.8, 4) is 39.0 Å². The molecule has 0 amide bonds. The van der Waals surface area contributed by atoms with E-state index in [2.05, 4.69) is 0 Å². The quantitative estimate of drug-likeness (QED) is 0.0864. The van der Waals surface area contributed by atoms with E-state index in [0.29, 0.717) is 22.1 Å². The SMILES string of the molecule is FC(F)(F)C(F)(F)C(F)(F)C(F)(F)C(F)(F)C(F)(F)C(F)(F)c1ccsc1-c1ccc(-c2ccc(-c3ccc(-c4sccc4C(F)(F)C(F)(F)C(F)(F)C(F)(F)C(F)(F)C(F)(F)C(F)(F)F)s3)s2)s1. The van der Waals surface area contributed by atoms with Crippen LogP contribution in [-0.2, 0) is 11.8 Å². The lowest BCUT2D eigenvalue weighted by molar-refractivity contribution is -0.453. The highest BCUT2D eigenvalue weighted by molar-refractivity contribution is 7.29. The van der Waals surface area contributed by atoms with Crippen molar-refractivity contribution in [2.75, 3.05) is 0 Å². The summed E-state index contributed by atoms with van der Waals surface area (Å²) in [6, 6.07) is 5.47. The molecule has 0 nitrogen and oxygen atoms in total. The summed E-state index contributed by atoms with van der Waals surface area (Å²) in [5, 5.41) is 0.840. The topological polar surface area (TPSA) is 0 Å². The lowest BCUT2D eigenvalue weighted by Gasteiger charge is -2.41. The summed E-state index contributed by atoms with van der Waals surface area (Å²) in [5.74, 6) is -96.4. The summed E-state index contributed by atoms with van der Waals surface area (Å²) in [7, 11) is 0. The van der Waals surface area contributed by atoms with Crippen molar-refractivity contribution in [2.45, 2.75) is 83.4 Å². The lowest BCUT2D eigenvalue weighted by atomic mass is 9.88. The number of halogens is 30. The third-order valence-corrected chi connectivity index (χ3v) is 15.2. The van der Waals surface area contributed by atoms with Crippen LogP contribution in [0.4, 0.5) is 132 Å². The van der Waals surface area contributed by atoms with Crippen molar-refractivity contribution in [1.82, 2.24) is 0 Å². The van der Waals surface area contributed by atoms with E-state index in [1.54, 1.807) is 0 Å². The average molecular weight is 1150 g/mol. The molecule has 5 aromatic heterocycles. The summed E-state index contributed by atoms with van der Waals surface area (Å²) in [5.41, 5.74) is -4.72. The number of rotatable bonds is 16. The zero-order chi connectivity index (χ0) is 53.4. The monoisotopic (exact) mass is 1150 g/mol. The van der Waals surface area contributed by atoms with Gasteiger partial charge in [-0.1, -0.05) is 0 Å². The van der Waals surface area contributed by atoms with Crippen LogP contribution in [0.25, 0.3) is 39.0 Å². The van der Waals surface area contributed by atoms with E-state index in [9.17, 15) is 114 Å². The molecule has 5 heterocycles. The van der Waals surface area contributed by atoms with E-state index < -0.39 is 114 Å². The van der Waals surface area contributed by atoms with Crippen LogP contribution in [0.5, 0.6) is 0 Å². The number of alkyl halides is 30. The molecule has 0 bridgehead atoms. The Hall–Kier alpha value is -3.60. The van der Waals surface area contributed by atoms with E-state index in [1.165, 1.54) is 0 Å². The molecule has 0 atom stereocenters. The van der Waals surface area contributed by atoms with E-state index in [4.69, 9.17) is 0 Å². The minimum atomic E-state index is -8.54. The number of thiophene rings is 5. The van der Waals surface area contributed by atoms with Crippen molar-refractivity contribution in [3.05, 3.63) is 70.4 Å². The highest BCUT2D eigenvalue weighted by Crippen LogP contribution is 2.67. The van der Waals surface area contributed by atoms with E-state index >= 15 is 17.6 Å². The van der Waals surface area contributed by atoms with Gasteiger partial charge in [-0.15, -0.1) is 56.7 Å². The summed E-state index contributed by atoms with van der Waals surface area (Å²) < 4.78 is 417. The minimum absolute atomic E-state index is 0.00977. The minimum Gasteiger partial charge on any atom is -0.194 e. The van der Waals surface area contributed by atoms with Crippen molar-refractivity contribution in [2.24, 2.45) is 0 Å². The first kappa shape index (κ1) is 56.3. The summed E-state index contributed by atoms with van der Waals surface area (Å²) in [6.07, 6.45) is -15.6. The van der Waals surface area contributed by atoms with Crippen molar-refractivity contribution in [1.29, 1.82) is 0 Å². The van der Waals surface area contributed by atoms with Gasteiger partial charge < -0.3 is 0 Å². The Morgan fingerprint density at radius 2 is 0.435 bits per heavy atom. The maximum Gasteiger partial charge on any atom is 0.460 e. The average Bonchev–Trinajstić information content (AvgIpc) is 4.04. The smallest absolute Gasteiger partial charge is 0.194 e. The Bertz CT molecular complexity index is 2470. The van der Waals surface area contributed by atoms with Gasteiger partial charge in [0.1, 0.15) is 0 Å². The van der Waals surface area contributed by atoms with Gasteiger partial charge in [0.25, 0.3) is 0 Å². The van der Waals surface area contributed by atoms with Gasteiger partial charge in [0.15, 0.2) is 0 Å². The molecule has 0 unspecified atom stereocenters. The number of hydrogen-bond acceptors (Lipinski definition) is 5. The molecule has 0 aromatic carbocycles. The van der Waals surface area contributed by atoms with Crippen LogP contribution < -0.4 is 0 Å². The van der Waals surface area contributed by atoms with E-state index in [0.717, 1.165) is 36.4 Å². The second-order valence-electron chi connectivity index (χ2n) is 13.7. The Labute approximate surface area is 380 Å². The Morgan fingerprint density at radius 1 is 0.232 bits per heavy atom. The van der Waals surface area contributed by atoms with Gasteiger partial charge in [-0.2, -0.15) is 132 Å². The number of hydrogen-bond donors (Lipinski definition) is 0. The largest absolute Gasteiger partial charge is 0.460 e. The predicted octanol–water partition coefficient (Wildman–Crippen LogP) is 18.3. The third-order valence-electron chi connectivity index (χ3n) is 9.41. The molecule has 0 saturated carbocycles. The van der Waals surface area contributed by atoms with Gasteiger partial charge in [0.2, 0.25) is 0 Å². The predicted molar refractivity (Wildman–Crippen MR) is 187 cm³/mol. The Kier molecular flexibility index (Phi) is 13.4. The summed E-state index contributed by atoms with van der Waals surface area (Å²) >= 11 is 1.13. The van der Waals surface area contributed by atoms with E-state index in [1.807, 2.05) is 0 Å².